The van der Waals surface area contributed by atoms with Crippen molar-refractivity contribution < 1.29 is 4.79 Å². The van der Waals surface area contributed by atoms with Crippen molar-refractivity contribution in [2.24, 2.45) is 11.3 Å². The van der Waals surface area contributed by atoms with Crippen LogP contribution in [-0.2, 0) is 11.2 Å². The summed E-state index contributed by atoms with van der Waals surface area (Å²) >= 11 is 1.75. The predicted octanol–water partition coefficient (Wildman–Crippen LogP) is 5.23. The van der Waals surface area contributed by atoms with Gasteiger partial charge in [0, 0.05) is 17.0 Å². The van der Waals surface area contributed by atoms with E-state index in [9.17, 15) is 4.79 Å². The quantitative estimate of drug-likeness (QED) is 0.755. The normalized spacial score (nSPS) is 19.3. The van der Waals surface area contributed by atoms with Crippen LogP contribution in [0, 0.1) is 11.3 Å². The number of hydrogen-bond acceptors (Lipinski definition) is 2. The van der Waals surface area contributed by atoms with Crippen LogP contribution in [0.5, 0.6) is 0 Å². The summed E-state index contributed by atoms with van der Waals surface area (Å²) in [6.07, 6.45) is 5.15. The molecule has 0 aliphatic heterocycles. The SMILES string of the molecule is CC1(C)CCC(C(=O)Cc2csc3ccccc23)CC1. The van der Waals surface area contributed by atoms with Crippen molar-refractivity contribution in [1.29, 1.82) is 0 Å². The molecule has 0 saturated heterocycles. The lowest BCUT2D eigenvalue weighted by molar-refractivity contribution is -0.123. The maximum atomic E-state index is 12.5. The maximum Gasteiger partial charge on any atom is 0.140 e. The number of carbonyl (C=O) groups excluding carboxylic acids is 1. The highest BCUT2D eigenvalue weighted by Gasteiger charge is 2.30. The van der Waals surface area contributed by atoms with Crippen molar-refractivity contribution in [3.63, 3.8) is 0 Å². The zero-order chi connectivity index (χ0) is 14.2. The molecule has 0 N–H and O–H groups in total. The Bertz CT molecular complexity index is 613. The number of benzene rings is 1. The smallest absolute Gasteiger partial charge is 0.140 e. The fourth-order valence-electron chi connectivity index (χ4n) is 3.22. The van der Waals surface area contributed by atoms with E-state index in [1.807, 2.05) is 0 Å². The third-order valence-corrected chi connectivity index (χ3v) is 5.73. The monoisotopic (exact) mass is 286 g/mol. The Kier molecular flexibility index (Phi) is 3.68. The van der Waals surface area contributed by atoms with Gasteiger partial charge in [0.1, 0.15) is 5.78 Å². The molecule has 0 radical (unpaired) electrons. The minimum atomic E-state index is 0.293. The standard InChI is InChI=1S/C18H22OS/c1-18(2)9-7-13(8-10-18)16(19)11-14-12-20-17-6-4-3-5-15(14)17/h3-6,12-13H,7-11H2,1-2H3. The van der Waals surface area contributed by atoms with Crippen molar-refractivity contribution in [2.45, 2.75) is 46.0 Å². The number of fused-ring (bicyclic) bond motifs is 1. The molecule has 1 saturated carbocycles. The van der Waals surface area contributed by atoms with E-state index in [2.05, 4.69) is 43.5 Å². The first kappa shape index (κ1) is 13.8. The lowest BCUT2D eigenvalue weighted by Gasteiger charge is -2.33. The van der Waals surface area contributed by atoms with Crippen LogP contribution in [0.1, 0.15) is 45.1 Å². The second-order valence-corrected chi connectivity index (χ2v) is 7.75. The Labute approximate surface area is 125 Å². The van der Waals surface area contributed by atoms with Crippen molar-refractivity contribution in [3.05, 3.63) is 35.2 Å². The highest BCUT2D eigenvalue weighted by Crippen LogP contribution is 2.39. The van der Waals surface area contributed by atoms with Crippen LogP contribution in [0.2, 0.25) is 0 Å². The summed E-state index contributed by atoms with van der Waals surface area (Å²) in [6.45, 7) is 4.64. The molecule has 2 heteroatoms. The van der Waals surface area contributed by atoms with Crippen LogP contribution in [-0.4, -0.2) is 5.78 Å². The molecule has 0 atom stereocenters. The lowest BCUT2D eigenvalue weighted by atomic mass is 9.71. The molecule has 2 aromatic rings. The van der Waals surface area contributed by atoms with E-state index in [1.165, 1.54) is 28.5 Å². The van der Waals surface area contributed by atoms with Gasteiger partial charge in [-0.1, -0.05) is 32.0 Å². The Morgan fingerprint density at radius 2 is 1.95 bits per heavy atom. The molecule has 0 amide bonds. The van der Waals surface area contributed by atoms with Crippen LogP contribution < -0.4 is 0 Å². The van der Waals surface area contributed by atoms with E-state index >= 15 is 0 Å². The molecule has 1 heterocycles. The molecule has 20 heavy (non-hydrogen) atoms. The molecule has 1 fully saturated rings. The van der Waals surface area contributed by atoms with Crippen LogP contribution in [0.25, 0.3) is 10.1 Å². The van der Waals surface area contributed by atoms with Crippen LogP contribution >= 0.6 is 11.3 Å². The molecule has 0 spiro atoms. The van der Waals surface area contributed by atoms with Gasteiger partial charge in [-0.25, -0.2) is 0 Å². The number of carbonyl (C=O) groups is 1. The summed E-state index contributed by atoms with van der Waals surface area (Å²) in [5.74, 6) is 0.741. The summed E-state index contributed by atoms with van der Waals surface area (Å²) in [4.78, 5) is 12.5. The third-order valence-electron chi connectivity index (χ3n) is 4.72. The Morgan fingerprint density at radius 3 is 2.70 bits per heavy atom. The Hall–Kier alpha value is -1.15. The van der Waals surface area contributed by atoms with Gasteiger partial charge in [-0.05, 0) is 53.5 Å². The van der Waals surface area contributed by atoms with E-state index in [0.29, 0.717) is 23.5 Å². The second kappa shape index (κ2) is 5.33. The third kappa shape index (κ3) is 2.80. The van der Waals surface area contributed by atoms with Gasteiger partial charge in [-0.3, -0.25) is 4.79 Å². The Morgan fingerprint density at radius 1 is 1.25 bits per heavy atom. The summed E-state index contributed by atoms with van der Waals surface area (Å²) < 4.78 is 1.29. The molecule has 3 rings (SSSR count). The summed E-state index contributed by atoms with van der Waals surface area (Å²) in [6, 6.07) is 8.40. The highest BCUT2D eigenvalue weighted by molar-refractivity contribution is 7.17. The molecule has 1 aliphatic rings. The lowest BCUT2D eigenvalue weighted by Crippen LogP contribution is -2.27. The van der Waals surface area contributed by atoms with E-state index in [1.54, 1.807) is 11.3 Å². The average molecular weight is 286 g/mol. The second-order valence-electron chi connectivity index (χ2n) is 6.84. The molecular formula is C18H22OS. The van der Waals surface area contributed by atoms with E-state index in [0.717, 1.165) is 12.8 Å². The van der Waals surface area contributed by atoms with E-state index in [4.69, 9.17) is 0 Å². The fourth-order valence-corrected chi connectivity index (χ4v) is 4.19. The van der Waals surface area contributed by atoms with E-state index in [-0.39, 0.29) is 0 Å². The van der Waals surface area contributed by atoms with Crippen LogP contribution in [0.3, 0.4) is 0 Å². The molecular weight excluding hydrogens is 264 g/mol. The Balaban J connectivity index is 1.70. The first-order chi connectivity index (χ1) is 9.55. The minimum Gasteiger partial charge on any atom is -0.299 e. The molecule has 0 unspecified atom stereocenters. The minimum absolute atomic E-state index is 0.293. The van der Waals surface area contributed by atoms with Gasteiger partial charge < -0.3 is 0 Å². The van der Waals surface area contributed by atoms with Gasteiger partial charge in [0.2, 0.25) is 0 Å². The maximum absolute atomic E-state index is 12.5. The van der Waals surface area contributed by atoms with Crippen molar-refractivity contribution in [3.8, 4) is 0 Å². The average Bonchev–Trinajstić information content (AvgIpc) is 2.82. The summed E-state index contributed by atoms with van der Waals surface area (Å²) in [5, 5.41) is 3.43. The summed E-state index contributed by atoms with van der Waals surface area (Å²) in [5.41, 5.74) is 1.66. The van der Waals surface area contributed by atoms with Crippen LogP contribution in [0.15, 0.2) is 29.6 Å². The number of hydrogen-bond donors (Lipinski definition) is 0. The zero-order valence-electron chi connectivity index (χ0n) is 12.3. The highest BCUT2D eigenvalue weighted by atomic mass is 32.1. The molecule has 1 aliphatic carbocycles. The topological polar surface area (TPSA) is 17.1 Å². The molecule has 1 aromatic heterocycles. The number of rotatable bonds is 3. The predicted molar refractivity (Wildman–Crippen MR) is 86.3 cm³/mol. The van der Waals surface area contributed by atoms with Gasteiger partial charge in [-0.15, -0.1) is 11.3 Å². The zero-order valence-corrected chi connectivity index (χ0v) is 13.1. The van der Waals surface area contributed by atoms with Crippen LogP contribution in [0.4, 0.5) is 0 Å². The van der Waals surface area contributed by atoms with Crippen molar-refractivity contribution >= 4 is 27.2 Å². The molecule has 0 bridgehead atoms. The fraction of sp³-hybridized carbons (Fsp3) is 0.500. The van der Waals surface area contributed by atoms with Gasteiger partial charge in [0.15, 0.2) is 0 Å². The summed E-state index contributed by atoms with van der Waals surface area (Å²) in [7, 11) is 0. The largest absolute Gasteiger partial charge is 0.299 e. The molecule has 1 aromatic carbocycles. The van der Waals surface area contributed by atoms with Gasteiger partial charge >= 0.3 is 0 Å². The van der Waals surface area contributed by atoms with Gasteiger partial charge in [-0.2, -0.15) is 0 Å². The van der Waals surface area contributed by atoms with Gasteiger partial charge in [0.25, 0.3) is 0 Å². The number of Topliss-reactive ketones (excluding diaryl/α,β-unsaturated/α-hetero) is 1. The number of ketones is 1. The van der Waals surface area contributed by atoms with Crippen molar-refractivity contribution in [1.82, 2.24) is 0 Å². The molecule has 1 nitrogen and oxygen atoms in total. The van der Waals surface area contributed by atoms with Gasteiger partial charge in [0.05, 0.1) is 0 Å². The van der Waals surface area contributed by atoms with Crippen molar-refractivity contribution in [2.75, 3.05) is 0 Å². The van der Waals surface area contributed by atoms with E-state index < -0.39 is 0 Å². The first-order valence-corrected chi connectivity index (χ1v) is 8.41. The molecule has 106 valence electrons. The first-order valence-electron chi connectivity index (χ1n) is 7.53. The number of thiophene rings is 1.